The molecule has 1 atom stereocenters. The number of carbonyl (C=O) groups is 1. The molecule has 1 heterocycles. The number of carbonyl (C=O) groups excluding carboxylic acids is 1. The van der Waals surface area contributed by atoms with Crippen LogP contribution in [-0.2, 0) is 16.1 Å². The first-order chi connectivity index (χ1) is 13.7. The lowest BCUT2D eigenvalue weighted by molar-refractivity contribution is -0.128. The number of benzene rings is 2. The smallest absolute Gasteiger partial charge is 0.261 e. The molecule has 1 fully saturated rings. The Hall–Kier alpha value is -2.73. The van der Waals surface area contributed by atoms with Crippen LogP contribution in [0.15, 0.2) is 48.5 Å². The summed E-state index contributed by atoms with van der Waals surface area (Å²) in [5.41, 5.74) is 2.25. The van der Waals surface area contributed by atoms with E-state index in [4.69, 9.17) is 14.2 Å². The van der Waals surface area contributed by atoms with Gasteiger partial charge >= 0.3 is 0 Å². The van der Waals surface area contributed by atoms with E-state index >= 15 is 0 Å². The van der Waals surface area contributed by atoms with Gasteiger partial charge in [-0.3, -0.25) is 4.79 Å². The molecular formula is C22H28N2O4. The van der Waals surface area contributed by atoms with Crippen molar-refractivity contribution in [1.82, 2.24) is 5.32 Å². The van der Waals surface area contributed by atoms with Gasteiger partial charge < -0.3 is 24.4 Å². The molecule has 0 radical (unpaired) electrons. The molecule has 28 heavy (non-hydrogen) atoms. The number of hydrogen-bond acceptors (Lipinski definition) is 5. The number of nitrogens with zero attached hydrogens (tertiary/aromatic N) is 1. The van der Waals surface area contributed by atoms with Gasteiger partial charge in [0, 0.05) is 25.3 Å². The summed E-state index contributed by atoms with van der Waals surface area (Å²) >= 11 is 0. The number of amides is 1. The highest BCUT2D eigenvalue weighted by Gasteiger charge is 2.18. The van der Waals surface area contributed by atoms with Crippen molar-refractivity contribution < 1.29 is 19.0 Å². The van der Waals surface area contributed by atoms with Crippen LogP contribution in [0.1, 0.15) is 18.9 Å². The lowest BCUT2D eigenvalue weighted by Crippen LogP contribution is -2.37. The van der Waals surface area contributed by atoms with E-state index in [9.17, 15) is 4.79 Å². The molecule has 0 aliphatic carbocycles. The van der Waals surface area contributed by atoms with Crippen molar-refractivity contribution in [2.24, 2.45) is 0 Å². The Morgan fingerprint density at radius 2 is 1.71 bits per heavy atom. The molecule has 2 aromatic carbocycles. The van der Waals surface area contributed by atoms with Crippen LogP contribution in [0.2, 0.25) is 0 Å². The molecule has 2 aromatic rings. The molecule has 1 aliphatic heterocycles. The van der Waals surface area contributed by atoms with Gasteiger partial charge in [0.25, 0.3) is 5.91 Å². The van der Waals surface area contributed by atoms with E-state index < -0.39 is 6.10 Å². The zero-order chi connectivity index (χ0) is 19.8. The quantitative estimate of drug-likeness (QED) is 0.758. The summed E-state index contributed by atoms with van der Waals surface area (Å²) in [6, 6.07) is 15.5. The van der Waals surface area contributed by atoms with Crippen LogP contribution in [0.4, 0.5) is 5.69 Å². The maximum atomic E-state index is 12.5. The number of methoxy groups -OCH3 is 1. The average molecular weight is 384 g/mol. The van der Waals surface area contributed by atoms with Crippen molar-refractivity contribution in [3.8, 4) is 11.5 Å². The predicted molar refractivity (Wildman–Crippen MR) is 109 cm³/mol. The SMILES string of the molecule is CC[C@@H](Oc1ccc(OC)cc1)C(=O)NCc1ccc(N2CCOCC2)cc1. The van der Waals surface area contributed by atoms with E-state index in [0.717, 1.165) is 37.6 Å². The van der Waals surface area contributed by atoms with E-state index in [0.29, 0.717) is 18.7 Å². The van der Waals surface area contributed by atoms with Crippen LogP contribution in [0.3, 0.4) is 0 Å². The summed E-state index contributed by atoms with van der Waals surface area (Å²) in [5, 5.41) is 2.97. The predicted octanol–water partition coefficient (Wildman–Crippen LogP) is 3.01. The standard InChI is InChI=1S/C22H28N2O4/c1-3-21(28-20-10-8-19(26-2)9-11-20)22(25)23-16-17-4-6-18(7-5-17)24-12-14-27-15-13-24/h4-11,21H,3,12-16H2,1-2H3,(H,23,25)/t21-/m1/s1. The maximum Gasteiger partial charge on any atom is 0.261 e. The second-order valence-corrected chi connectivity index (χ2v) is 6.67. The Labute approximate surface area is 166 Å². The van der Waals surface area contributed by atoms with Crippen LogP contribution in [0, 0.1) is 0 Å². The van der Waals surface area contributed by atoms with Crippen molar-refractivity contribution in [2.75, 3.05) is 38.3 Å². The molecule has 6 nitrogen and oxygen atoms in total. The topological polar surface area (TPSA) is 60.0 Å². The van der Waals surface area contributed by atoms with Gasteiger partial charge in [-0.1, -0.05) is 19.1 Å². The molecule has 1 saturated heterocycles. The van der Waals surface area contributed by atoms with Gasteiger partial charge in [-0.2, -0.15) is 0 Å². The minimum Gasteiger partial charge on any atom is -0.497 e. The van der Waals surface area contributed by atoms with E-state index in [-0.39, 0.29) is 5.91 Å². The van der Waals surface area contributed by atoms with Crippen LogP contribution in [-0.4, -0.2) is 45.4 Å². The molecule has 150 valence electrons. The molecular weight excluding hydrogens is 356 g/mol. The molecule has 3 rings (SSSR count). The first-order valence-electron chi connectivity index (χ1n) is 9.69. The van der Waals surface area contributed by atoms with E-state index in [2.05, 4.69) is 34.5 Å². The summed E-state index contributed by atoms with van der Waals surface area (Å²) in [6.45, 7) is 5.78. The molecule has 1 N–H and O–H groups in total. The minimum absolute atomic E-state index is 0.115. The second-order valence-electron chi connectivity index (χ2n) is 6.67. The Balaban J connectivity index is 1.51. The zero-order valence-corrected chi connectivity index (χ0v) is 16.5. The molecule has 1 amide bonds. The Morgan fingerprint density at radius 3 is 2.32 bits per heavy atom. The lowest BCUT2D eigenvalue weighted by atomic mass is 10.1. The highest BCUT2D eigenvalue weighted by Crippen LogP contribution is 2.19. The van der Waals surface area contributed by atoms with Crippen LogP contribution < -0.4 is 19.7 Å². The van der Waals surface area contributed by atoms with Gasteiger partial charge in [0.2, 0.25) is 0 Å². The van der Waals surface area contributed by atoms with Gasteiger partial charge in [-0.25, -0.2) is 0 Å². The third-order valence-electron chi connectivity index (χ3n) is 4.78. The van der Waals surface area contributed by atoms with Crippen LogP contribution in [0.25, 0.3) is 0 Å². The van der Waals surface area contributed by atoms with Crippen molar-refractivity contribution >= 4 is 11.6 Å². The maximum absolute atomic E-state index is 12.5. The number of ether oxygens (including phenoxy) is 3. The summed E-state index contributed by atoms with van der Waals surface area (Å²) in [6.07, 6.45) is 0.0643. The first kappa shape index (κ1) is 20.0. The molecule has 0 aromatic heterocycles. The highest BCUT2D eigenvalue weighted by atomic mass is 16.5. The number of hydrogen-bond donors (Lipinski definition) is 1. The fourth-order valence-electron chi connectivity index (χ4n) is 3.09. The van der Waals surface area contributed by atoms with E-state index in [1.54, 1.807) is 19.2 Å². The fraction of sp³-hybridized carbons (Fsp3) is 0.409. The number of nitrogens with one attached hydrogen (secondary N) is 1. The van der Waals surface area contributed by atoms with Crippen LogP contribution >= 0.6 is 0 Å². The Morgan fingerprint density at radius 1 is 1.07 bits per heavy atom. The number of morpholine rings is 1. The molecule has 0 unspecified atom stereocenters. The highest BCUT2D eigenvalue weighted by molar-refractivity contribution is 5.81. The van der Waals surface area contributed by atoms with Crippen molar-refractivity contribution in [3.63, 3.8) is 0 Å². The van der Waals surface area contributed by atoms with Gasteiger partial charge in [-0.15, -0.1) is 0 Å². The summed E-state index contributed by atoms with van der Waals surface area (Å²) < 4.78 is 16.4. The fourth-order valence-corrected chi connectivity index (χ4v) is 3.09. The number of anilines is 1. The molecule has 1 aliphatic rings. The lowest BCUT2D eigenvalue weighted by Gasteiger charge is -2.29. The summed E-state index contributed by atoms with van der Waals surface area (Å²) in [4.78, 5) is 14.8. The van der Waals surface area contributed by atoms with Gasteiger partial charge in [-0.05, 0) is 48.4 Å². The summed E-state index contributed by atoms with van der Waals surface area (Å²) in [7, 11) is 1.62. The molecule has 6 heteroatoms. The normalized spacial score (nSPS) is 15.0. The van der Waals surface area contributed by atoms with Gasteiger partial charge in [0.05, 0.1) is 20.3 Å². The van der Waals surface area contributed by atoms with Crippen LogP contribution in [0.5, 0.6) is 11.5 Å². The Kier molecular flexibility index (Phi) is 7.14. The molecule has 0 spiro atoms. The first-order valence-corrected chi connectivity index (χ1v) is 9.69. The van der Waals surface area contributed by atoms with E-state index in [1.165, 1.54) is 5.69 Å². The molecule has 0 bridgehead atoms. The number of rotatable bonds is 8. The van der Waals surface area contributed by atoms with Crippen molar-refractivity contribution in [1.29, 1.82) is 0 Å². The summed E-state index contributed by atoms with van der Waals surface area (Å²) in [5.74, 6) is 1.29. The second kappa shape index (κ2) is 9.99. The van der Waals surface area contributed by atoms with Gasteiger partial charge in [0.1, 0.15) is 11.5 Å². The minimum atomic E-state index is -0.527. The third-order valence-corrected chi connectivity index (χ3v) is 4.78. The van der Waals surface area contributed by atoms with Crippen molar-refractivity contribution in [3.05, 3.63) is 54.1 Å². The zero-order valence-electron chi connectivity index (χ0n) is 16.5. The monoisotopic (exact) mass is 384 g/mol. The molecule has 0 saturated carbocycles. The van der Waals surface area contributed by atoms with Crippen molar-refractivity contribution in [2.45, 2.75) is 26.0 Å². The van der Waals surface area contributed by atoms with E-state index in [1.807, 2.05) is 19.1 Å². The third kappa shape index (κ3) is 5.39. The average Bonchev–Trinajstić information content (AvgIpc) is 2.77. The van der Waals surface area contributed by atoms with Gasteiger partial charge in [0.15, 0.2) is 6.10 Å². The largest absolute Gasteiger partial charge is 0.497 e. The Bertz CT molecular complexity index is 740.